The van der Waals surface area contributed by atoms with Crippen LogP contribution in [0, 0.1) is 13.8 Å². The number of hydrogen-bond donors (Lipinski definition) is 2. The summed E-state index contributed by atoms with van der Waals surface area (Å²) in [6.07, 6.45) is 0.622. The number of fused-ring (bicyclic) bond motifs is 1. The normalized spacial score (nSPS) is 11.2. The first-order valence-corrected chi connectivity index (χ1v) is 6.30. The van der Waals surface area contributed by atoms with Crippen LogP contribution in [0.15, 0.2) is 9.59 Å². The Labute approximate surface area is 102 Å². The van der Waals surface area contributed by atoms with E-state index >= 15 is 0 Å². The van der Waals surface area contributed by atoms with Crippen LogP contribution in [0.5, 0.6) is 0 Å². The molecule has 0 unspecified atom stereocenters. The molecule has 6 heteroatoms. The van der Waals surface area contributed by atoms with Crippen LogP contribution in [0.25, 0.3) is 10.2 Å². The molecule has 0 aliphatic heterocycles. The highest BCUT2D eigenvalue weighted by Crippen LogP contribution is 2.24. The molecule has 92 valence electrons. The molecule has 0 spiro atoms. The molecule has 2 aromatic heterocycles. The number of rotatable bonds is 3. The van der Waals surface area contributed by atoms with Gasteiger partial charge in [0.15, 0.2) is 0 Å². The summed E-state index contributed by atoms with van der Waals surface area (Å²) in [5, 5.41) is 0.629. The van der Waals surface area contributed by atoms with Crippen molar-refractivity contribution in [2.24, 2.45) is 5.73 Å². The summed E-state index contributed by atoms with van der Waals surface area (Å²) in [4.78, 5) is 28.4. The standard InChI is InChI=1S/C11H15N3O2S/c1-6-7(2)17-9-8(6)10(15)14(5-3-4-12)11(16)13-9/h3-5,12H2,1-2H3,(H,13,16). The van der Waals surface area contributed by atoms with Crippen LogP contribution in [0.1, 0.15) is 16.9 Å². The molecule has 17 heavy (non-hydrogen) atoms. The molecule has 0 saturated heterocycles. The first kappa shape index (κ1) is 12.1. The fourth-order valence-corrected chi connectivity index (χ4v) is 2.86. The van der Waals surface area contributed by atoms with Crippen molar-refractivity contribution in [2.75, 3.05) is 6.54 Å². The predicted octanol–water partition coefficient (Wildman–Crippen LogP) is 0.717. The molecule has 5 nitrogen and oxygen atoms in total. The second-order valence-electron chi connectivity index (χ2n) is 4.02. The zero-order valence-corrected chi connectivity index (χ0v) is 10.7. The van der Waals surface area contributed by atoms with Crippen LogP contribution in [0.3, 0.4) is 0 Å². The minimum Gasteiger partial charge on any atom is -0.330 e. The van der Waals surface area contributed by atoms with Gasteiger partial charge in [0.1, 0.15) is 4.83 Å². The highest BCUT2D eigenvalue weighted by molar-refractivity contribution is 7.18. The Kier molecular flexibility index (Phi) is 3.17. The second-order valence-corrected chi connectivity index (χ2v) is 5.24. The van der Waals surface area contributed by atoms with Gasteiger partial charge in [-0.15, -0.1) is 11.3 Å². The van der Waals surface area contributed by atoms with Gasteiger partial charge in [0.2, 0.25) is 0 Å². The average molecular weight is 253 g/mol. The number of hydrogen-bond acceptors (Lipinski definition) is 4. The van der Waals surface area contributed by atoms with Crippen molar-refractivity contribution in [1.82, 2.24) is 9.55 Å². The van der Waals surface area contributed by atoms with E-state index in [0.29, 0.717) is 29.7 Å². The highest BCUT2D eigenvalue weighted by atomic mass is 32.1. The third-order valence-corrected chi connectivity index (χ3v) is 4.02. The van der Waals surface area contributed by atoms with Crippen LogP contribution >= 0.6 is 11.3 Å². The third kappa shape index (κ3) is 1.94. The Morgan fingerprint density at radius 1 is 1.35 bits per heavy atom. The van der Waals surface area contributed by atoms with Gasteiger partial charge in [-0.1, -0.05) is 0 Å². The van der Waals surface area contributed by atoms with Crippen LogP contribution in [-0.4, -0.2) is 16.1 Å². The van der Waals surface area contributed by atoms with Crippen LogP contribution in [0.4, 0.5) is 0 Å². The quantitative estimate of drug-likeness (QED) is 0.845. The number of thiophene rings is 1. The van der Waals surface area contributed by atoms with Gasteiger partial charge < -0.3 is 5.73 Å². The lowest BCUT2D eigenvalue weighted by Crippen LogP contribution is -2.35. The first-order chi connectivity index (χ1) is 8.06. The van der Waals surface area contributed by atoms with E-state index in [2.05, 4.69) is 4.98 Å². The SMILES string of the molecule is Cc1sc2[nH]c(=O)n(CCCN)c(=O)c2c1C. The zero-order valence-electron chi connectivity index (χ0n) is 9.87. The smallest absolute Gasteiger partial charge is 0.329 e. The second kappa shape index (κ2) is 4.46. The van der Waals surface area contributed by atoms with Crippen molar-refractivity contribution in [3.05, 3.63) is 31.3 Å². The van der Waals surface area contributed by atoms with Crippen LogP contribution < -0.4 is 17.0 Å². The fourth-order valence-electron chi connectivity index (χ4n) is 1.82. The van der Waals surface area contributed by atoms with Crippen LogP contribution in [0.2, 0.25) is 0 Å². The lowest BCUT2D eigenvalue weighted by Gasteiger charge is -2.03. The summed E-state index contributed by atoms with van der Waals surface area (Å²) < 4.78 is 1.23. The number of nitrogens with zero attached hydrogens (tertiary/aromatic N) is 1. The summed E-state index contributed by atoms with van der Waals surface area (Å²) >= 11 is 1.45. The van der Waals surface area contributed by atoms with Gasteiger partial charge >= 0.3 is 5.69 Å². The molecule has 2 aromatic rings. The Morgan fingerprint density at radius 3 is 2.71 bits per heavy atom. The van der Waals surface area contributed by atoms with Gasteiger partial charge in [-0.05, 0) is 32.4 Å². The zero-order chi connectivity index (χ0) is 12.6. The summed E-state index contributed by atoms with van der Waals surface area (Å²) in [6.45, 7) is 4.68. The number of H-pyrrole nitrogens is 1. The number of aryl methyl sites for hydroxylation is 2. The Bertz CT molecular complexity index is 666. The Balaban J connectivity index is 2.74. The molecule has 2 heterocycles. The third-order valence-electron chi connectivity index (χ3n) is 2.90. The van der Waals surface area contributed by atoms with Gasteiger partial charge in [0.25, 0.3) is 5.56 Å². The van der Waals surface area contributed by atoms with E-state index in [1.807, 2.05) is 13.8 Å². The minimum atomic E-state index is -0.350. The topological polar surface area (TPSA) is 80.9 Å². The molecule has 0 atom stereocenters. The van der Waals surface area contributed by atoms with E-state index in [9.17, 15) is 9.59 Å². The maximum absolute atomic E-state index is 12.2. The van der Waals surface area contributed by atoms with Gasteiger partial charge in [-0.2, -0.15) is 0 Å². The highest BCUT2D eigenvalue weighted by Gasteiger charge is 2.13. The number of aromatic amines is 1. The lowest BCUT2D eigenvalue weighted by atomic mass is 10.2. The molecule has 0 aliphatic carbocycles. The summed E-state index contributed by atoms with van der Waals surface area (Å²) in [5.74, 6) is 0. The Hall–Kier alpha value is -1.40. The molecule has 0 bridgehead atoms. The molecule has 0 aliphatic rings. The molecular formula is C11H15N3O2S. The van der Waals surface area contributed by atoms with E-state index < -0.39 is 0 Å². The molecule has 0 amide bonds. The monoisotopic (exact) mass is 253 g/mol. The van der Waals surface area contributed by atoms with Crippen molar-refractivity contribution in [2.45, 2.75) is 26.8 Å². The summed E-state index contributed by atoms with van der Waals surface area (Å²) in [6, 6.07) is 0. The summed E-state index contributed by atoms with van der Waals surface area (Å²) in [5.41, 5.74) is 5.79. The largest absolute Gasteiger partial charge is 0.330 e. The van der Waals surface area contributed by atoms with Crippen molar-refractivity contribution in [3.63, 3.8) is 0 Å². The molecule has 0 aromatic carbocycles. The summed E-state index contributed by atoms with van der Waals surface area (Å²) in [7, 11) is 0. The van der Waals surface area contributed by atoms with E-state index in [-0.39, 0.29) is 11.2 Å². The van der Waals surface area contributed by atoms with Crippen molar-refractivity contribution < 1.29 is 0 Å². The maximum atomic E-state index is 12.2. The molecule has 3 N–H and O–H groups in total. The van der Waals surface area contributed by atoms with Gasteiger partial charge in [-0.3, -0.25) is 14.3 Å². The number of nitrogens with one attached hydrogen (secondary N) is 1. The van der Waals surface area contributed by atoms with Gasteiger partial charge in [0.05, 0.1) is 5.39 Å². The number of nitrogens with two attached hydrogens (primary N) is 1. The predicted molar refractivity (Wildman–Crippen MR) is 69.9 cm³/mol. The Morgan fingerprint density at radius 2 is 2.06 bits per heavy atom. The fraction of sp³-hybridized carbons (Fsp3) is 0.455. The maximum Gasteiger partial charge on any atom is 0.329 e. The van der Waals surface area contributed by atoms with Crippen molar-refractivity contribution in [1.29, 1.82) is 0 Å². The van der Waals surface area contributed by atoms with E-state index in [4.69, 9.17) is 5.73 Å². The van der Waals surface area contributed by atoms with Crippen LogP contribution in [-0.2, 0) is 6.54 Å². The molecule has 0 radical (unpaired) electrons. The lowest BCUT2D eigenvalue weighted by molar-refractivity contribution is 0.604. The van der Waals surface area contributed by atoms with E-state index in [1.165, 1.54) is 15.9 Å². The minimum absolute atomic E-state index is 0.209. The molecule has 2 rings (SSSR count). The number of aromatic nitrogens is 2. The van der Waals surface area contributed by atoms with Gasteiger partial charge in [0, 0.05) is 11.4 Å². The first-order valence-electron chi connectivity index (χ1n) is 5.49. The molecular weight excluding hydrogens is 238 g/mol. The van der Waals surface area contributed by atoms with E-state index in [1.54, 1.807) is 0 Å². The van der Waals surface area contributed by atoms with Crippen molar-refractivity contribution >= 4 is 21.6 Å². The average Bonchev–Trinajstić information content (AvgIpc) is 2.54. The molecule has 0 fully saturated rings. The van der Waals surface area contributed by atoms with Gasteiger partial charge in [-0.25, -0.2) is 4.79 Å². The van der Waals surface area contributed by atoms with E-state index in [0.717, 1.165) is 10.4 Å². The molecule has 0 saturated carbocycles. The van der Waals surface area contributed by atoms with Crippen molar-refractivity contribution in [3.8, 4) is 0 Å².